The first-order chi connectivity index (χ1) is 18.3. The minimum absolute atomic E-state index is 0.00382. The van der Waals surface area contributed by atoms with Crippen molar-refractivity contribution in [1.29, 1.82) is 0 Å². The van der Waals surface area contributed by atoms with Gasteiger partial charge < -0.3 is 14.5 Å². The molecule has 1 aromatic heterocycles. The first kappa shape index (κ1) is 24.4. The Balaban J connectivity index is 1.10. The normalized spacial score (nSPS) is 24.1. The lowest BCUT2D eigenvalue weighted by Gasteiger charge is -2.57. The van der Waals surface area contributed by atoms with E-state index in [0.29, 0.717) is 33.7 Å². The Labute approximate surface area is 230 Å². The van der Waals surface area contributed by atoms with Gasteiger partial charge in [-0.1, -0.05) is 34.4 Å². The van der Waals surface area contributed by atoms with Crippen LogP contribution in [-0.2, 0) is 6.54 Å². The van der Waals surface area contributed by atoms with Gasteiger partial charge in [0.15, 0.2) is 0 Å². The lowest BCUT2D eigenvalue weighted by Crippen LogP contribution is -2.62. The molecule has 2 bridgehead atoms. The number of anilines is 1. The number of rotatable bonds is 6. The van der Waals surface area contributed by atoms with Crippen LogP contribution in [-0.4, -0.2) is 46.3 Å². The summed E-state index contributed by atoms with van der Waals surface area (Å²) in [5, 5.41) is 15.0. The van der Waals surface area contributed by atoms with Crippen LogP contribution in [0.15, 0.2) is 40.9 Å². The Morgan fingerprint density at radius 1 is 1.08 bits per heavy atom. The van der Waals surface area contributed by atoms with Gasteiger partial charge in [0.2, 0.25) is 0 Å². The number of fused-ring (bicyclic) bond motifs is 2. The van der Waals surface area contributed by atoms with Crippen LogP contribution in [0.3, 0.4) is 0 Å². The Hall–Kier alpha value is -2.61. The summed E-state index contributed by atoms with van der Waals surface area (Å²) in [6.07, 6.45) is 6.40. The molecule has 4 fully saturated rings. The zero-order valence-electron chi connectivity index (χ0n) is 20.8. The van der Waals surface area contributed by atoms with E-state index in [1.54, 1.807) is 6.07 Å². The number of aromatic carboxylic acids is 1. The van der Waals surface area contributed by atoms with Crippen LogP contribution < -0.4 is 4.90 Å². The molecule has 1 N–H and O–H groups in total. The second-order valence-electron chi connectivity index (χ2n) is 11.6. The summed E-state index contributed by atoms with van der Waals surface area (Å²) in [5.41, 5.74) is 3.51. The van der Waals surface area contributed by atoms with E-state index >= 15 is 0 Å². The van der Waals surface area contributed by atoms with E-state index in [-0.39, 0.29) is 11.0 Å². The number of carboxylic acids is 1. The van der Waals surface area contributed by atoms with Crippen LogP contribution in [0.2, 0.25) is 10.0 Å². The minimum atomic E-state index is -1.10. The monoisotopic (exact) mass is 555 g/mol. The number of hydrogen-bond acceptors (Lipinski definition) is 5. The number of hydrogen-bond donors (Lipinski definition) is 1. The van der Waals surface area contributed by atoms with Gasteiger partial charge in [-0.05, 0) is 74.3 Å². The highest BCUT2D eigenvalue weighted by molar-refractivity contribution is 6.39. The van der Waals surface area contributed by atoms with E-state index in [2.05, 4.69) is 15.0 Å². The van der Waals surface area contributed by atoms with Crippen molar-refractivity contribution in [3.63, 3.8) is 0 Å². The highest BCUT2D eigenvalue weighted by Crippen LogP contribution is 2.53. The van der Waals surface area contributed by atoms with Crippen LogP contribution in [0.5, 0.6) is 0 Å². The highest BCUT2D eigenvalue weighted by atomic mass is 35.5. The van der Waals surface area contributed by atoms with E-state index < -0.39 is 11.8 Å². The lowest BCUT2D eigenvalue weighted by atomic mass is 9.69. The zero-order chi connectivity index (χ0) is 26.2. The molecule has 6 nitrogen and oxygen atoms in total. The predicted octanol–water partition coefficient (Wildman–Crippen LogP) is 7.00. The Bertz CT molecular complexity index is 1400. The summed E-state index contributed by atoms with van der Waals surface area (Å²) < 4.78 is 20.1. The lowest BCUT2D eigenvalue weighted by molar-refractivity contribution is -0.0351. The van der Waals surface area contributed by atoms with Gasteiger partial charge in [0, 0.05) is 54.5 Å². The maximum absolute atomic E-state index is 14.3. The minimum Gasteiger partial charge on any atom is -0.478 e. The summed E-state index contributed by atoms with van der Waals surface area (Å²) in [4.78, 5) is 16.2. The molecule has 198 valence electrons. The number of aromatic nitrogens is 1. The predicted molar refractivity (Wildman–Crippen MR) is 144 cm³/mol. The van der Waals surface area contributed by atoms with Crippen molar-refractivity contribution < 1.29 is 18.8 Å². The smallest absolute Gasteiger partial charge is 0.335 e. The van der Waals surface area contributed by atoms with Crippen molar-refractivity contribution in [1.82, 2.24) is 10.1 Å². The third kappa shape index (κ3) is 4.10. The van der Waals surface area contributed by atoms with Crippen LogP contribution in [0.1, 0.15) is 66.1 Å². The van der Waals surface area contributed by atoms with Crippen LogP contribution in [0, 0.1) is 11.2 Å². The molecule has 9 heteroatoms. The third-order valence-electron chi connectivity index (χ3n) is 8.85. The molecule has 1 saturated carbocycles. The fraction of sp³-hybridized carbons (Fsp3) is 0.448. The van der Waals surface area contributed by atoms with Gasteiger partial charge >= 0.3 is 5.97 Å². The average molecular weight is 556 g/mol. The Kier molecular flexibility index (Phi) is 5.77. The highest BCUT2D eigenvalue weighted by Gasteiger charge is 2.54. The van der Waals surface area contributed by atoms with E-state index in [1.807, 2.05) is 18.2 Å². The van der Waals surface area contributed by atoms with E-state index in [1.165, 1.54) is 6.07 Å². The summed E-state index contributed by atoms with van der Waals surface area (Å²) in [6.45, 7) is 2.73. The van der Waals surface area contributed by atoms with Crippen LogP contribution in [0.25, 0.3) is 11.3 Å². The van der Waals surface area contributed by atoms with Crippen molar-refractivity contribution in [2.45, 2.75) is 63.1 Å². The van der Waals surface area contributed by atoms with Crippen molar-refractivity contribution in [3.05, 3.63) is 69.1 Å². The summed E-state index contributed by atoms with van der Waals surface area (Å²) in [6, 6.07) is 10.3. The maximum Gasteiger partial charge on any atom is 0.335 e. The molecule has 4 heterocycles. The molecule has 7 rings (SSSR count). The molecule has 2 aromatic carbocycles. The molecular weight excluding hydrogens is 528 g/mol. The maximum atomic E-state index is 14.3. The molecule has 1 aliphatic carbocycles. The van der Waals surface area contributed by atoms with Gasteiger partial charge in [0.1, 0.15) is 17.3 Å². The molecule has 2 unspecified atom stereocenters. The fourth-order valence-corrected chi connectivity index (χ4v) is 7.85. The third-order valence-corrected chi connectivity index (χ3v) is 9.48. The van der Waals surface area contributed by atoms with Crippen molar-refractivity contribution in [2.75, 3.05) is 18.0 Å². The van der Waals surface area contributed by atoms with Crippen molar-refractivity contribution >= 4 is 34.9 Å². The Morgan fingerprint density at radius 2 is 1.76 bits per heavy atom. The number of carbonyl (C=O) groups is 1. The van der Waals surface area contributed by atoms with Gasteiger partial charge in [0.05, 0.1) is 15.6 Å². The zero-order valence-corrected chi connectivity index (χ0v) is 22.3. The van der Waals surface area contributed by atoms with Gasteiger partial charge in [-0.15, -0.1) is 0 Å². The van der Waals surface area contributed by atoms with E-state index in [9.17, 15) is 14.3 Å². The van der Waals surface area contributed by atoms with Gasteiger partial charge in [-0.3, -0.25) is 4.90 Å². The quantitative estimate of drug-likeness (QED) is 0.353. The first-order valence-corrected chi connectivity index (χ1v) is 14.0. The molecule has 0 radical (unpaired) electrons. The van der Waals surface area contributed by atoms with Crippen molar-refractivity contribution in [2.24, 2.45) is 5.41 Å². The van der Waals surface area contributed by atoms with Gasteiger partial charge in [-0.2, -0.15) is 0 Å². The average Bonchev–Trinajstić information content (AvgIpc) is 3.56. The molecule has 1 spiro atoms. The fourth-order valence-electron chi connectivity index (χ4n) is 7.27. The van der Waals surface area contributed by atoms with Crippen molar-refractivity contribution in [3.8, 4) is 11.3 Å². The molecule has 2 atom stereocenters. The number of nitrogens with zero attached hydrogens (tertiary/aromatic N) is 3. The number of carboxylic acid groups (broad SMARTS) is 1. The second kappa shape index (κ2) is 8.97. The summed E-state index contributed by atoms with van der Waals surface area (Å²) in [7, 11) is 0. The second-order valence-corrected chi connectivity index (χ2v) is 12.4. The van der Waals surface area contributed by atoms with Crippen LogP contribution >= 0.6 is 23.2 Å². The summed E-state index contributed by atoms with van der Waals surface area (Å²) in [5.74, 6) is -0.210. The molecule has 0 amide bonds. The molecule has 4 aliphatic rings. The van der Waals surface area contributed by atoms with Crippen LogP contribution in [0.4, 0.5) is 10.1 Å². The first-order valence-electron chi connectivity index (χ1n) is 13.3. The number of likely N-dealkylation sites (tertiary alicyclic amines) is 1. The van der Waals surface area contributed by atoms with E-state index in [0.717, 1.165) is 86.8 Å². The number of benzene rings is 2. The SMILES string of the molecule is O=C(O)c1cc(F)cc(N2C3CCC2CC2(C3)CN(Cc3c(-c4c(Cl)cccc4Cl)noc3C3CC3)C2)c1. The number of piperidine rings is 1. The number of halogens is 3. The summed E-state index contributed by atoms with van der Waals surface area (Å²) >= 11 is 13.1. The Morgan fingerprint density at radius 3 is 2.39 bits per heavy atom. The molecule has 3 aromatic rings. The molecule has 38 heavy (non-hydrogen) atoms. The topological polar surface area (TPSA) is 69.8 Å². The molecule has 3 aliphatic heterocycles. The largest absolute Gasteiger partial charge is 0.478 e. The molecule has 3 saturated heterocycles. The van der Waals surface area contributed by atoms with Gasteiger partial charge in [-0.25, -0.2) is 9.18 Å². The van der Waals surface area contributed by atoms with Gasteiger partial charge in [0.25, 0.3) is 0 Å². The van der Waals surface area contributed by atoms with E-state index in [4.69, 9.17) is 27.7 Å². The molecular formula is C29H28Cl2FN3O3. The standard InChI is InChI=1S/C29H28Cl2FN3O3/c30-23-2-1-3-24(31)25(23)26-22(27(38-33-26)16-4-5-16)13-34-14-29(15-34)11-19-6-7-20(12-29)35(19)21-9-17(28(36)37)8-18(32)10-21/h1-3,8-10,16,19-20H,4-7,11-15H2,(H,36,37).